The molecular formula is C31H31FN4O4. The van der Waals surface area contributed by atoms with E-state index in [1.54, 1.807) is 53.4 Å². The third-order valence-corrected chi connectivity index (χ3v) is 7.38. The van der Waals surface area contributed by atoms with Crippen LogP contribution in [0, 0.1) is 17.1 Å². The van der Waals surface area contributed by atoms with Crippen molar-refractivity contribution in [2.75, 3.05) is 13.1 Å². The summed E-state index contributed by atoms with van der Waals surface area (Å²) >= 11 is 0. The third kappa shape index (κ3) is 6.94. The highest BCUT2D eigenvalue weighted by molar-refractivity contribution is 5.96. The van der Waals surface area contributed by atoms with Crippen LogP contribution in [-0.4, -0.2) is 53.0 Å². The molecule has 0 unspecified atom stereocenters. The molecule has 2 fully saturated rings. The van der Waals surface area contributed by atoms with Crippen LogP contribution < -0.4 is 14.8 Å². The Balaban J connectivity index is 1.05. The normalized spacial score (nSPS) is 19.4. The van der Waals surface area contributed by atoms with Crippen molar-refractivity contribution in [2.24, 2.45) is 0 Å². The first-order valence-electron chi connectivity index (χ1n) is 13.6. The van der Waals surface area contributed by atoms with Gasteiger partial charge < -0.3 is 19.7 Å². The molecule has 0 radical (unpaired) electrons. The van der Waals surface area contributed by atoms with Crippen LogP contribution in [0.25, 0.3) is 0 Å². The Morgan fingerprint density at radius 3 is 2.02 bits per heavy atom. The molecule has 0 bridgehead atoms. The minimum atomic E-state index is -0.306. The summed E-state index contributed by atoms with van der Waals surface area (Å²) in [5.74, 6) is 0.677. The van der Waals surface area contributed by atoms with Gasteiger partial charge in [-0.25, -0.2) is 4.39 Å². The van der Waals surface area contributed by atoms with Crippen LogP contribution in [0.4, 0.5) is 4.39 Å². The second kappa shape index (κ2) is 12.6. The predicted molar refractivity (Wildman–Crippen MR) is 145 cm³/mol. The molecule has 1 aliphatic heterocycles. The monoisotopic (exact) mass is 542 g/mol. The number of ether oxygens (including phenoxy) is 2. The smallest absolute Gasteiger partial charge is 0.270 e. The molecule has 2 aliphatic rings. The molecule has 1 saturated carbocycles. The molecule has 8 nitrogen and oxygen atoms in total. The summed E-state index contributed by atoms with van der Waals surface area (Å²) in [4.78, 5) is 31.8. The fourth-order valence-electron chi connectivity index (χ4n) is 5.10. The number of amides is 2. The van der Waals surface area contributed by atoms with Gasteiger partial charge in [0.05, 0.1) is 23.3 Å². The summed E-state index contributed by atoms with van der Waals surface area (Å²) in [6, 6.07) is 18.4. The van der Waals surface area contributed by atoms with E-state index in [-0.39, 0.29) is 41.6 Å². The Morgan fingerprint density at radius 1 is 0.850 bits per heavy atom. The molecule has 0 spiro atoms. The highest BCUT2D eigenvalue weighted by Gasteiger charge is 2.26. The quantitative estimate of drug-likeness (QED) is 0.456. The number of pyridine rings is 1. The number of aromatic nitrogens is 1. The van der Waals surface area contributed by atoms with Gasteiger partial charge in [-0.3, -0.25) is 14.6 Å². The first-order chi connectivity index (χ1) is 19.5. The van der Waals surface area contributed by atoms with E-state index in [1.165, 1.54) is 18.3 Å². The minimum absolute atomic E-state index is 0.0312. The summed E-state index contributed by atoms with van der Waals surface area (Å²) < 4.78 is 25.0. The van der Waals surface area contributed by atoms with Gasteiger partial charge in [0, 0.05) is 38.2 Å². The van der Waals surface area contributed by atoms with Crippen molar-refractivity contribution >= 4 is 11.8 Å². The van der Waals surface area contributed by atoms with Gasteiger partial charge in [0.1, 0.15) is 29.1 Å². The van der Waals surface area contributed by atoms with Crippen LogP contribution in [0.15, 0.2) is 66.9 Å². The maximum atomic E-state index is 13.1. The molecule has 1 N–H and O–H groups in total. The van der Waals surface area contributed by atoms with Gasteiger partial charge in [-0.15, -0.1) is 0 Å². The van der Waals surface area contributed by atoms with Crippen LogP contribution in [0.3, 0.4) is 0 Å². The third-order valence-electron chi connectivity index (χ3n) is 7.38. The molecule has 2 amide bonds. The fraction of sp³-hybridized carbons (Fsp3) is 0.355. The van der Waals surface area contributed by atoms with Gasteiger partial charge in [0.15, 0.2) is 0 Å². The van der Waals surface area contributed by atoms with Gasteiger partial charge in [-0.2, -0.15) is 5.26 Å². The van der Waals surface area contributed by atoms with E-state index in [1.807, 2.05) is 0 Å². The number of halogens is 1. The first-order valence-corrected chi connectivity index (χ1v) is 13.6. The number of nitrogens with zero attached hydrogens (tertiary/aromatic N) is 3. The average Bonchev–Trinajstić information content (AvgIpc) is 3.00. The van der Waals surface area contributed by atoms with Gasteiger partial charge in [0.2, 0.25) is 0 Å². The summed E-state index contributed by atoms with van der Waals surface area (Å²) in [5.41, 5.74) is 1.31. The summed E-state index contributed by atoms with van der Waals surface area (Å²) in [7, 11) is 0. The summed E-state index contributed by atoms with van der Waals surface area (Å²) in [6.45, 7) is 1.09. The number of hydrogen-bond acceptors (Lipinski definition) is 6. The number of benzene rings is 2. The Labute approximate surface area is 232 Å². The van der Waals surface area contributed by atoms with Crippen molar-refractivity contribution in [1.82, 2.24) is 15.2 Å². The second-order valence-corrected chi connectivity index (χ2v) is 10.2. The maximum absolute atomic E-state index is 13.1. The molecule has 0 atom stereocenters. The minimum Gasteiger partial charge on any atom is -0.490 e. The van der Waals surface area contributed by atoms with Crippen LogP contribution >= 0.6 is 0 Å². The lowest BCUT2D eigenvalue weighted by Crippen LogP contribution is -2.42. The number of carbonyl (C=O) groups excluding carboxylic acids is 2. The Hall–Kier alpha value is -4.45. The Kier molecular flexibility index (Phi) is 8.55. The van der Waals surface area contributed by atoms with Crippen molar-refractivity contribution in [3.05, 3.63) is 89.5 Å². The van der Waals surface area contributed by atoms with E-state index in [0.717, 1.165) is 31.4 Å². The van der Waals surface area contributed by atoms with Crippen LogP contribution in [0.2, 0.25) is 0 Å². The molecule has 40 heavy (non-hydrogen) atoms. The predicted octanol–water partition coefficient (Wildman–Crippen LogP) is 4.90. The van der Waals surface area contributed by atoms with Crippen LogP contribution in [0.5, 0.6) is 11.5 Å². The molecule has 1 saturated heterocycles. The van der Waals surface area contributed by atoms with Gasteiger partial charge in [0.25, 0.3) is 11.8 Å². The van der Waals surface area contributed by atoms with E-state index >= 15 is 0 Å². The van der Waals surface area contributed by atoms with Gasteiger partial charge in [-0.05, 0) is 86.3 Å². The van der Waals surface area contributed by atoms with Gasteiger partial charge >= 0.3 is 0 Å². The molecule has 9 heteroatoms. The SMILES string of the molecule is N#Cc1ccc(O[C@H]2CC[C@@H](NC(=O)c3ccc(C(=O)N4CCC(Oc5ccc(F)cc5)CC4)cn3)CC2)cc1. The maximum Gasteiger partial charge on any atom is 0.270 e. The van der Waals surface area contributed by atoms with Crippen LogP contribution in [-0.2, 0) is 0 Å². The fourth-order valence-corrected chi connectivity index (χ4v) is 5.10. The number of hydrogen-bond donors (Lipinski definition) is 1. The molecule has 1 aromatic heterocycles. The number of carbonyl (C=O) groups is 2. The lowest BCUT2D eigenvalue weighted by atomic mass is 9.92. The van der Waals surface area contributed by atoms with E-state index < -0.39 is 0 Å². The molecule has 3 aromatic rings. The van der Waals surface area contributed by atoms with E-state index in [2.05, 4.69) is 16.4 Å². The zero-order valence-corrected chi connectivity index (χ0v) is 22.1. The number of nitriles is 1. The highest BCUT2D eigenvalue weighted by Crippen LogP contribution is 2.25. The standard InChI is InChI=1S/C31H31FN4O4/c32-23-4-10-26(11-5-23)40-28-15-17-36(18-16-28)31(38)22-3-14-29(34-20-22)30(37)35-24-6-12-27(13-7-24)39-25-8-1-21(19-33)2-9-25/h1-5,8-11,14,20,24,27-28H,6-7,12-13,15-18H2,(H,35,37)/t24-,27+. The Bertz CT molecular complexity index is 1340. The second-order valence-electron chi connectivity index (χ2n) is 10.2. The zero-order valence-electron chi connectivity index (χ0n) is 22.1. The lowest BCUT2D eigenvalue weighted by Gasteiger charge is -2.32. The number of nitrogens with one attached hydrogen (secondary N) is 1. The summed E-state index contributed by atoms with van der Waals surface area (Å²) in [5, 5.41) is 12.0. The highest BCUT2D eigenvalue weighted by atomic mass is 19.1. The topological polar surface area (TPSA) is 105 Å². The van der Waals surface area contributed by atoms with Crippen LogP contribution in [0.1, 0.15) is 64.9 Å². The molecule has 5 rings (SSSR count). The van der Waals surface area contributed by atoms with Gasteiger partial charge in [-0.1, -0.05) is 0 Å². The molecule has 1 aliphatic carbocycles. The number of rotatable bonds is 7. The van der Waals surface area contributed by atoms with E-state index in [4.69, 9.17) is 14.7 Å². The summed E-state index contributed by atoms with van der Waals surface area (Å²) in [6.07, 6.45) is 6.08. The Morgan fingerprint density at radius 2 is 1.45 bits per heavy atom. The molecule has 2 heterocycles. The molecule has 206 valence electrons. The van der Waals surface area contributed by atoms with E-state index in [0.29, 0.717) is 42.8 Å². The molecule has 2 aromatic carbocycles. The van der Waals surface area contributed by atoms with Crippen molar-refractivity contribution < 1.29 is 23.5 Å². The van der Waals surface area contributed by atoms with Crippen molar-refractivity contribution in [2.45, 2.75) is 56.8 Å². The average molecular weight is 543 g/mol. The number of likely N-dealkylation sites (tertiary alicyclic amines) is 1. The zero-order chi connectivity index (χ0) is 27.9. The first kappa shape index (κ1) is 27.1. The van der Waals surface area contributed by atoms with E-state index in [9.17, 15) is 14.0 Å². The largest absolute Gasteiger partial charge is 0.490 e. The van der Waals surface area contributed by atoms with Crippen molar-refractivity contribution in [3.8, 4) is 17.6 Å². The lowest BCUT2D eigenvalue weighted by molar-refractivity contribution is 0.0594. The number of piperidine rings is 1. The van der Waals surface area contributed by atoms with Crippen molar-refractivity contribution in [1.29, 1.82) is 5.26 Å². The van der Waals surface area contributed by atoms with Crippen molar-refractivity contribution in [3.63, 3.8) is 0 Å². The molecular weight excluding hydrogens is 511 g/mol.